The van der Waals surface area contributed by atoms with Crippen LogP contribution in [0.1, 0.15) is 17.4 Å². The number of hydrogen-bond donors (Lipinski definition) is 0. The van der Waals surface area contributed by atoms with Gasteiger partial charge in [0.2, 0.25) is 0 Å². The summed E-state index contributed by atoms with van der Waals surface area (Å²) in [5, 5.41) is 0. The Hall–Kier alpha value is -1.09. The van der Waals surface area contributed by atoms with Gasteiger partial charge < -0.3 is 4.57 Å². The van der Waals surface area contributed by atoms with E-state index in [0.29, 0.717) is 6.54 Å². The minimum Gasteiger partial charge on any atom is -0.348 e. The van der Waals surface area contributed by atoms with Gasteiger partial charge in [-0.05, 0) is 25.7 Å². The van der Waals surface area contributed by atoms with Crippen LogP contribution in [0.3, 0.4) is 0 Å². The Morgan fingerprint density at radius 3 is 2.77 bits per heavy atom. The van der Waals surface area contributed by atoms with Crippen LogP contribution in [0.15, 0.2) is 18.3 Å². The minimum absolute atomic E-state index is 0.178. The van der Waals surface area contributed by atoms with E-state index in [0.717, 1.165) is 12.2 Å². The van der Waals surface area contributed by atoms with E-state index in [1.54, 1.807) is 0 Å². The Labute approximate surface area is 79.0 Å². The maximum Gasteiger partial charge on any atom is 0.193 e. The van der Waals surface area contributed by atoms with Crippen LogP contribution in [-0.4, -0.2) is 35.4 Å². The van der Waals surface area contributed by atoms with E-state index in [1.165, 1.54) is 0 Å². The molecule has 0 radical (unpaired) electrons. The van der Waals surface area contributed by atoms with Crippen molar-refractivity contribution in [1.29, 1.82) is 0 Å². The Bertz CT molecular complexity index is 291. The molecule has 1 heterocycles. The first-order valence-corrected chi connectivity index (χ1v) is 4.48. The van der Waals surface area contributed by atoms with E-state index < -0.39 is 0 Å². The van der Waals surface area contributed by atoms with Crippen LogP contribution >= 0.6 is 0 Å². The average Bonchev–Trinajstić information content (AvgIpc) is 2.51. The standard InChI is InChI=1S/C10H16N2O/c1-4-11(2)8-10(13)9-6-5-7-12(9)3/h5-7H,4,8H2,1-3H3. The van der Waals surface area contributed by atoms with Crippen LogP contribution in [0.5, 0.6) is 0 Å². The summed E-state index contributed by atoms with van der Waals surface area (Å²) >= 11 is 0. The molecular formula is C10H16N2O. The monoisotopic (exact) mass is 180 g/mol. The zero-order chi connectivity index (χ0) is 9.84. The molecule has 0 aliphatic rings. The third kappa shape index (κ3) is 2.42. The smallest absolute Gasteiger partial charge is 0.193 e. The van der Waals surface area contributed by atoms with Crippen molar-refractivity contribution in [2.75, 3.05) is 20.1 Å². The average molecular weight is 180 g/mol. The van der Waals surface area contributed by atoms with Gasteiger partial charge in [0.05, 0.1) is 12.2 Å². The molecule has 0 aliphatic carbocycles. The van der Waals surface area contributed by atoms with Crippen molar-refractivity contribution in [2.24, 2.45) is 7.05 Å². The number of Topliss-reactive ketones (excluding diaryl/α,β-unsaturated/α-hetero) is 1. The van der Waals surface area contributed by atoms with Crippen LogP contribution in [0.4, 0.5) is 0 Å². The molecule has 0 saturated carbocycles. The van der Waals surface area contributed by atoms with Gasteiger partial charge in [0.15, 0.2) is 5.78 Å². The molecule has 0 aromatic carbocycles. The molecule has 0 saturated heterocycles. The Balaban J connectivity index is 2.64. The highest BCUT2D eigenvalue weighted by atomic mass is 16.1. The normalized spacial score (nSPS) is 10.8. The molecule has 3 nitrogen and oxygen atoms in total. The predicted octanol–water partition coefficient (Wildman–Crippen LogP) is 1.16. The Kier molecular flexibility index (Phi) is 3.25. The van der Waals surface area contributed by atoms with Crippen LogP contribution in [0.2, 0.25) is 0 Å². The molecule has 72 valence electrons. The molecule has 1 rings (SSSR count). The fourth-order valence-electron chi connectivity index (χ4n) is 1.19. The van der Waals surface area contributed by atoms with E-state index in [2.05, 4.69) is 0 Å². The maximum absolute atomic E-state index is 11.6. The lowest BCUT2D eigenvalue weighted by Gasteiger charge is -2.12. The molecule has 3 heteroatoms. The highest BCUT2D eigenvalue weighted by Crippen LogP contribution is 2.01. The molecule has 0 amide bonds. The summed E-state index contributed by atoms with van der Waals surface area (Å²) in [6.45, 7) is 3.43. The van der Waals surface area contributed by atoms with Crippen LogP contribution in [0.25, 0.3) is 0 Å². The van der Waals surface area contributed by atoms with Crippen molar-refractivity contribution in [3.63, 3.8) is 0 Å². The van der Waals surface area contributed by atoms with Gasteiger partial charge in [-0.2, -0.15) is 0 Å². The first kappa shape index (κ1) is 9.99. The fourth-order valence-corrected chi connectivity index (χ4v) is 1.19. The predicted molar refractivity (Wildman–Crippen MR) is 52.9 cm³/mol. The second kappa shape index (κ2) is 4.23. The summed E-state index contributed by atoms with van der Waals surface area (Å²) in [4.78, 5) is 13.6. The van der Waals surface area contributed by atoms with Gasteiger partial charge in [-0.1, -0.05) is 6.92 Å². The quantitative estimate of drug-likeness (QED) is 0.650. The van der Waals surface area contributed by atoms with E-state index in [4.69, 9.17) is 0 Å². The van der Waals surface area contributed by atoms with Gasteiger partial charge >= 0.3 is 0 Å². The highest BCUT2D eigenvalue weighted by molar-refractivity contribution is 5.96. The zero-order valence-corrected chi connectivity index (χ0v) is 8.45. The lowest BCUT2D eigenvalue weighted by atomic mass is 10.2. The Morgan fingerprint density at radius 2 is 2.31 bits per heavy atom. The highest BCUT2D eigenvalue weighted by Gasteiger charge is 2.10. The maximum atomic E-state index is 11.6. The van der Waals surface area contributed by atoms with Gasteiger partial charge in [0, 0.05) is 13.2 Å². The molecule has 13 heavy (non-hydrogen) atoms. The van der Waals surface area contributed by atoms with Gasteiger partial charge in [-0.15, -0.1) is 0 Å². The number of aryl methyl sites for hydroxylation is 1. The van der Waals surface area contributed by atoms with E-state index in [-0.39, 0.29) is 5.78 Å². The minimum atomic E-state index is 0.178. The van der Waals surface area contributed by atoms with Gasteiger partial charge in [0.25, 0.3) is 0 Å². The number of likely N-dealkylation sites (N-methyl/N-ethyl adjacent to an activating group) is 1. The van der Waals surface area contributed by atoms with Crippen LogP contribution in [-0.2, 0) is 7.05 Å². The molecule has 0 atom stereocenters. The summed E-state index contributed by atoms with van der Waals surface area (Å²) in [6.07, 6.45) is 1.89. The summed E-state index contributed by atoms with van der Waals surface area (Å²) in [6, 6.07) is 3.74. The summed E-state index contributed by atoms with van der Waals surface area (Å²) in [5.74, 6) is 0.178. The molecule has 0 spiro atoms. The van der Waals surface area contributed by atoms with Crippen molar-refractivity contribution >= 4 is 5.78 Å². The summed E-state index contributed by atoms with van der Waals surface area (Å²) in [7, 11) is 3.83. The van der Waals surface area contributed by atoms with Crippen LogP contribution in [0, 0.1) is 0 Å². The lowest BCUT2D eigenvalue weighted by molar-refractivity contribution is 0.0941. The molecule has 0 N–H and O–H groups in total. The number of carbonyl (C=O) groups excluding carboxylic acids is 1. The van der Waals surface area contributed by atoms with Gasteiger partial charge in [0.1, 0.15) is 0 Å². The van der Waals surface area contributed by atoms with Gasteiger partial charge in [-0.3, -0.25) is 9.69 Å². The number of ketones is 1. The number of rotatable bonds is 4. The molecule has 1 aromatic heterocycles. The van der Waals surface area contributed by atoms with E-state index in [9.17, 15) is 4.79 Å². The molecule has 0 bridgehead atoms. The third-order valence-corrected chi connectivity index (χ3v) is 2.18. The molecule has 0 aliphatic heterocycles. The van der Waals surface area contributed by atoms with Crippen LogP contribution < -0.4 is 0 Å². The Morgan fingerprint density at radius 1 is 1.62 bits per heavy atom. The lowest BCUT2D eigenvalue weighted by Crippen LogP contribution is -2.26. The summed E-state index contributed by atoms with van der Waals surface area (Å²) in [5.41, 5.74) is 0.778. The molecule has 0 unspecified atom stereocenters. The van der Waals surface area contributed by atoms with Crippen molar-refractivity contribution in [2.45, 2.75) is 6.92 Å². The van der Waals surface area contributed by atoms with Crippen molar-refractivity contribution < 1.29 is 4.79 Å². The fraction of sp³-hybridized carbons (Fsp3) is 0.500. The van der Waals surface area contributed by atoms with E-state index in [1.807, 2.05) is 48.8 Å². The third-order valence-electron chi connectivity index (χ3n) is 2.18. The SMILES string of the molecule is CCN(C)CC(=O)c1cccn1C. The van der Waals surface area contributed by atoms with Gasteiger partial charge in [-0.25, -0.2) is 0 Å². The van der Waals surface area contributed by atoms with Crippen molar-refractivity contribution in [3.05, 3.63) is 24.0 Å². The first-order chi connectivity index (χ1) is 6.15. The molecule has 1 aromatic rings. The number of aromatic nitrogens is 1. The number of nitrogens with zero attached hydrogens (tertiary/aromatic N) is 2. The number of carbonyl (C=O) groups is 1. The van der Waals surface area contributed by atoms with Crippen molar-refractivity contribution in [3.8, 4) is 0 Å². The number of hydrogen-bond acceptors (Lipinski definition) is 2. The molecule has 0 fully saturated rings. The zero-order valence-electron chi connectivity index (χ0n) is 8.45. The largest absolute Gasteiger partial charge is 0.348 e. The second-order valence-electron chi connectivity index (χ2n) is 3.26. The summed E-state index contributed by atoms with van der Waals surface area (Å²) < 4.78 is 1.85. The first-order valence-electron chi connectivity index (χ1n) is 4.48. The van der Waals surface area contributed by atoms with E-state index >= 15 is 0 Å². The van der Waals surface area contributed by atoms with Crippen molar-refractivity contribution in [1.82, 2.24) is 9.47 Å². The second-order valence-corrected chi connectivity index (χ2v) is 3.26. The molecular weight excluding hydrogens is 164 g/mol. The topological polar surface area (TPSA) is 25.2 Å².